The number of halogens is 2. The van der Waals surface area contributed by atoms with E-state index >= 15 is 0 Å². The summed E-state index contributed by atoms with van der Waals surface area (Å²) < 4.78 is 0. The molecule has 1 saturated heterocycles. The molecule has 0 spiro atoms. The van der Waals surface area contributed by atoms with Crippen LogP contribution in [0.3, 0.4) is 0 Å². The van der Waals surface area contributed by atoms with E-state index in [9.17, 15) is 24.0 Å². The Morgan fingerprint density at radius 3 is 2.09 bits per heavy atom. The second-order valence-electron chi connectivity index (χ2n) is 7.19. The number of carbonyl (C=O) groups is 5. The van der Waals surface area contributed by atoms with Crippen LogP contribution in [-0.2, 0) is 16.1 Å². The van der Waals surface area contributed by atoms with Crippen LogP contribution in [0.2, 0.25) is 10.0 Å². The van der Waals surface area contributed by atoms with Gasteiger partial charge in [-0.1, -0.05) is 47.1 Å². The van der Waals surface area contributed by atoms with Gasteiger partial charge in [0.2, 0.25) is 11.8 Å². The summed E-state index contributed by atoms with van der Waals surface area (Å²) in [5.41, 5.74) is 1.34. The van der Waals surface area contributed by atoms with Gasteiger partial charge < -0.3 is 5.32 Å². The van der Waals surface area contributed by atoms with Gasteiger partial charge >= 0.3 is 0 Å². The fourth-order valence-corrected chi connectivity index (χ4v) is 4.43. The molecule has 5 amide bonds. The number of fused-ring (bicyclic) bond motifs is 1. The smallest absolute Gasteiger partial charge is 0.289 e. The van der Waals surface area contributed by atoms with Crippen LogP contribution >= 0.6 is 35.0 Å². The number of amides is 5. The summed E-state index contributed by atoms with van der Waals surface area (Å²) in [7, 11) is 0. The lowest BCUT2D eigenvalue weighted by molar-refractivity contribution is -0.125. The van der Waals surface area contributed by atoms with Crippen molar-refractivity contribution in [2.75, 3.05) is 11.1 Å². The van der Waals surface area contributed by atoms with Gasteiger partial charge in [-0.2, -0.15) is 0 Å². The summed E-state index contributed by atoms with van der Waals surface area (Å²) in [6.45, 7) is 1.59. The predicted molar refractivity (Wildman–Crippen MR) is 120 cm³/mol. The van der Waals surface area contributed by atoms with Gasteiger partial charge in [-0.15, -0.1) is 0 Å². The lowest BCUT2D eigenvalue weighted by atomic mass is 10.1. The van der Waals surface area contributed by atoms with Crippen LogP contribution in [0.25, 0.3) is 0 Å². The van der Waals surface area contributed by atoms with Gasteiger partial charge in [-0.25, -0.2) is 0 Å². The molecule has 2 aliphatic heterocycles. The molecule has 0 radical (unpaired) electrons. The molecule has 8 nitrogen and oxygen atoms in total. The third-order valence-corrected chi connectivity index (χ3v) is 6.71. The number of nitrogens with one attached hydrogen (secondary N) is 1. The number of hydrogen-bond acceptors (Lipinski definition) is 6. The molecule has 1 fully saturated rings. The Bertz CT molecular complexity index is 1130. The van der Waals surface area contributed by atoms with Crippen molar-refractivity contribution in [3.05, 3.63) is 63.1 Å². The highest BCUT2D eigenvalue weighted by Gasteiger charge is 2.41. The van der Waals surface area contributed by atoms with E-state index in [4.69, 9.17) is 23.2 Å². The highest BCUT2D eigenvalue weighted by atomic mass is 35.5. The maximum absolute atomic E-state index is 12.7. The molecule has 2 aromatic rings. The fourth-order valence-electron chi connectivity index (χ4n) is 3.38. The van der Waals surface area contributed by atoms with E-state index < -0.39 is 23.8 Å². The molecule has 2 aliphatic rings. The van der Waals surface area contributed by atoms with Gasteiger partial charge in [0.1, 0.15) is 6.04 Å². The van der Waals surface area contributed by atoms with E-state index in [-0.39, 0.29) is 44.6 Å². The van der Waals surface area contributed by atoms with Crippen molar-refractivity contribution in [3.8, 4) is 0 Å². The topological polar surface area (TPSA) is 104 Å². The third-order valence-electron chi connectivity index (χ3n) is 5.13. The van der Waals surface area contributed by atoms with Crippen LogP contribution in [0.4, 0.5) is 10.5 Å². The van der Waals surface area contributed by atoms with Gasteiger partial charge in [-0.3, -0.25) is 33.8 Å². The molecule has 1 unspecified atom stereocenters. The molecule has 0 saturated carbocycles. The molecule has 2 heterocycles. The SMILES string of the molecule is CC(C(=O)Nc1ccc(CN2C(=O)CSC2=O)cc1)N1C(=O)c2cc(Cl)c(Cl)cc2C1=O. The number of anilines is 1. The summed E-state index contributed by atoms with van der Waals surface area (Å²) >= 11 is 12.9. The maximum atomic E-state index is 12.7. The first-order valence-corrected chi connectivity index (χ1v) is 11.2. The van der Waals surface area contributed by atoms with Crippen molar-refractivity contribution in [3.63, 3.8) is 0 Å². The number of imide groups is 2. The normalized spacial score (nSPS) is 16.6. The average molecular weight is 492 g/mol. The average Bonchev–Trinajstić information content (AvgIpc) is 3.19. The van der Waals surface area contributed by atoms with Crippen molar-refractivity contribution in [2.45, 2.75) is 19.5 Å². The number of carbonyl (C=O) groups excluding carboxylic acids is 5. The fraction of sp³-hybridized carbons (Fsp3) is 0.190. The number of thioether (sulfide) groups is 1. The van der Waals surface area contributed by atoms with Crippen LogP contribution < -0.4 is 5.32 Å². The second-order valence-corrected chi connectivity index (χ2v) is 8.93. The van der Waals surface area contributed by atoms with E-state index in [2.05, 4.69) is 5.32 Å². The summed E-state index contributed by atoms with van der Waals surface area (Å²) in [5.74, 6) is -1.92. The van der Waals surface area contributed by atoms with E-state index in [1.807, 2.05) is 0 Å². The zero-order valence-electron chi connectivity index (χ0n) is 16.6. The van der Waals surface area contributed by atoms with Gasteiger partial charge in [0, 0.05) is 5.69 Å². The maximum Gasteiger partial charge on any atom is 0.289 e. The van der Waals surface area contributed by atoms with E-state index in [1.165, 1.54) is 24.0 Å². The molecule has 1 N–H and O–H groups in total. The molecular formula is C21H15Cl2N3O5S. The van der Waals surface area contributed by atoms with E-state index in [0.717, 1.165) is 16.7 Å². The van der Waals surface area contributed by atoms with E-state index in [0.29, 0.717) is 11.3 Å². The predicted octanol–water partition coefficient (Wildman–Crippen LogP) is 3.81. The van der Waals surface area contributed by atoms with Crippen molar-refractivity contribution in [1.29, 1.82) is 0 Å². The number of rotatable bonds is 5. The first kappa shape index (κ1) is 22.3. The van der Waals surface area contributed by atoms with Crippen LogP contribution in [-0.4, -0.2) is 50.5 Å². The molecule has 32 heavy (non-hydrogen) atoms. The quantitative estimate of drug-likeness (QED) is 0.637. The Kier molecular flexibility index (Phi) is 5.98. The first-order valence-electron chi connectivity index (χ1n) is 9.41. The molecular weight excluding hydrogens is 477 g/mol. The number of benzene rings is 2. The Morgan fingerprint density at radius 2 is 1.59 bits per heavy atom. The Balaban J connectivity index is 1.44. The highest BCUT2D eigenvalue weighted by molar-refractivity contribution is 8.14. The van der Waals surface area contributed by atoms with Crippen molar-refractivity contribution >= 4 is 69.5 Å². The van der Waals surface area contributed by atoms with Crippen molar-refractivity contribution in [1.82, 2.24) is 9.80 Å². The van der Waals surface area contributed by atoms with Gasteiger partial charge in [0.25, 0.3) is 17.1 Å². The van der Waals surface area contributed by atoms with Gasteiger partial charge in [-0.05, 0) is 36.8 Å². The summed E-state index contributed by atoms with van der Waals surface area (Å²) in [4.78, 5) is 63.6. The van der Waals surface area contributed by atoms with Crippen LogP contribution in [0.5, 0.6) is 0 Å². The molecule has 2 aromatic carbocycles. The standard InChI is InChI=1S/C21H15Cl2N3O5S/c1-10(26-19(29)13-6-15(22)16(23)7-14(13)20(26)30)18(28)24-12-4-2-11(3-5-12)8-25-17(27)9-32-21(25)31/h2-7,10H,8-9H2,1H3,(H,24,28). The lowest BCUT2D eigenvalue weighted by Gasteiger charge is -2.21. The summed E-state index contributed by atoms with van der Waals surface area (Å²) in [6.07, 6.45) is 0. The first-order chi connectivity index (χ1) is 15.2. The Morgan fingerprint density at radius 1 is 1.03 bits per heavy atom. The van der Waals surface area contributed by atoms with Crippen LogP contribution in [0.1, 0.15) is 33.2 Å². The summed E-state index contributed by atoms with van der Waals surface area (Å²) in [5, 5.41) is 2.65. The zero-order valence-corrected chi connectivity index (χ0v) is 18.9. The molecule has 0 aromatic heterocycles. The number of nitrogens with zero attached hydrogens (tertiary/aromatic N) is 2. The molecule has 4 rings (SSSR count). The summed E-state index contributed by atoms with van der Waals surface area (Å²) in [6, 6.07) is 8.12. The Labute approximate surface area is 196 Å². The molecule has 164 valence electrons. The zero-order chi connectivity index (χ0) is 23.2. The molecule has 0 bridgehead atoms. The minimum atomic E-state index is -1.09. The molecule has 0 aliphatic carbocycles. The van der Waals surface area contributed by atoms with Crippen LogP contribution in [0, 0.1) is 0 Å². The Hall–Kier alpha value is -2.88. The van der Waals surface area contributed by atoms with Crippen molar-refractivity contribution < 1.29 is 24.0 Å². The van der Waals surface area contributed by atoms with Crippen LogP contribution in [0.15, 0.2) is 36.4 Å². The minimum absolute atomic E-state index is 0.0950. The number of hydrogen-bond donors (Lipinski definition) is 1. The third kappa shape index (κ3) is 3.99. The van der Waals surface area contributed by atoms with Crippen molar-refractivity contribution in [2.24, 2.45) is 0 Å². The van der Waals surface area contributed by atoms with Gasteiger partial charge in [0.15, 0.2) is 0 Å². The highest BCUT2D eigenvalue weighted by Crippen LogP contribution is 2.32. The van der Waals surface area contributed by atoms with Gasteiger partial charge in [0.05, 0.1) is 33.5 Å². The lowest BCUT2D eigenvalue weighted by Crippen LogP contribution is -2.45. The molecule has 11 heteroatoms. The minimum Gasteiger partial charge on any atom is -0.324 e. The van der Waals surface area contributed by atoms with E-state index in [1.54, 1.807) is 24.3 Å². The molecule has 1 atom stereocenters. The second kappa shape index (κ2) is 8.57. The largest absolute Gasteiger partial charge is 0.324 e. The monoisotopic (exact) mass is 491 g/mol.